The lowest BCUT2D eigenvalue weighted by Gasteiger charge is -2.17. The Morgan fingerprint density at radius 2 is 1.10 bits per heavy atom. The number of aromatic nitrogens is 5. The topological polar surface area (TPSA) is 70.2 Å². The number of benzene rings is 1. The average Bonchev–Trinajstić information content (AvgIpc) is 3.75. The van der Waals surface area contributed by atoms with Crippen molar-refractivity contribution in [2.75, 3.05) is 0 Å². The van der Waals surface area contributed by atoms with E-state index < -0.39 is 0 Å². The van der Waals surface area contributed by atoms with Crippen molar-refractivity contribution in [2.45, 2.75) is 20.8 Å². The summed E-state index contributed by atoms with van der Waals surface area (Å²) in [6, 6.07) is 22.9. The van der Waals surface area contributed by atoms with E-state index in [1.54, 1.807) is 0 Å². The highest BCUT2D eigenvalue weighted by Crippen LogP contribution is 2.38. The minimum atomic E-state index is 0.898. The van der Waals surface area contributed by atoms with Crippen LogP contribution in [0, 0.1) is 20.8 Å². The molecule has 0 radical (unpaired) electrons. The fourth-order valence-electron chi connectivity index (χ4n) is 5.38. The molecule has 2 aliphatic heterocycles. The number of nitrogens with one attached hydrogen (secondary N) is 2. The highest BCUT2D eigenvalue weighted by atomic mass is 14.8. The van der Waals surface area contributed by atoms with Gasteiger partial charge in [-0.15, -0.1) is 0 Å². The molecule has 0 amide bonds. The first-order valence-corrected chi connectivity index (χ1v) is 13.1. The smallest absolute Gasteiger partial charge is 0.0737 e. The normalized spacial score (nSPS) is 12.3. The van der Waals surface area contributed by atoms with Crippen LogP contribution in [0.25, 0.3) is 68.8 Å². The number of aromatic amines is 2. The highest BCUT2D eigenvalue weighted by Gasteiger charge is 2.19. The second kappa shape index (κ2) is 9.07. The van der Waals surface area contributed by atoms with Gasteiger partial charge in [-0.2, -0.15) is 0 Å². The van der Waals surface area contributed by atoms with E-state index in [4.69, 9.17) is 9.97 Å². The number of pyridine rings is 1. The molecule has 2 N–H and O–H groups in total. The number of H-pyrrole nitrogens is 2. The molecule has 4 aromatic heterocycles. The summed E-state index contributed by atoms with van der Waals surface area (Å²) in [6.07, 6.45) is 10.2. The molecule has 0 saturated heterocycles. The quantitative estimate of drug-likeness (QED) is 0.248. The fraction of sp³-hybridized carbons (Fsp3) is 0.0882. The number of rotatable bonds is 2. The first kappa shape index (κ1) is 23.1. The maximum absolute atomic E-state index is 5.08. The number of hydrogen-bond donors (Lipinski definition) is 2. The van der Waals surface area contributed by atoms with Gasteiger partial charge >= 0.3 is 0 Å². The van der Waals surface area contributed by atoms with Crippen LogP contribution in [-0.4, -0.2) is 24.9 Å². The van der Waals surface area contributed by atoms with Gasteiger partial charge in [0.2, 0.25) is 0 Å². The zero-order chi connectivity index (χ0) is 26.5. The first-order valence-electron chi connectivity index (χ1n) is 13.1. The third-order valence-electron chi connectivity index (χ3n) is 7.65. The van der Waals surface area contributed by atoms with Crippen molar-refractivity contribution in [3.8, 4) is 22.4 Å². The number of fused-ring (bicyclic) bond motifs is 8. The predicted molar refractivity (Wildman–Crippen MR) is 162 cm³/mol. The molecule has 2 aliphatic rings. The molecule has 0 aliphatic carbocycles. The Kier molecular flexibility index (Phi) is 5.37. The maximum atomic E-state index is 5.08. The van der Waals surface area contributed by atoms with Crippen molar-refractivity contribution in [3.05, 3.63) is 112 Å². The van der Waals surface area contributed by atoms with Crippen molar-refractivity contribution in [1.82, 2.24) is 24.9 Å². The largest absolute Gasteiger partial charge is 0.355 e. The SMILES string of the molecule is Cc1c(-c2ccccn2)cc(-c2c3nc(cc4ccc(cc5ccc(cc6nc2C=C6)[nH]5)[nH]4)C=C3)c(C)c1C. The van der Waals surface area contributed by atoms with Crippen LogP contribution in [0.15, 0.2) is 72.9 Å². The molecule has 0 fully saturated rings. The standard InChI is InChI=1S/C34H27N5/c1-20-21(2)29(31-6-4-5-15-35-31)19-30(22(20)3)34-32-13-11-27(38-32)17-25-9-7-23(36-25)16-24-8-10-26(37-24)18-28-12-14-33(34)39-28/h4-19,36-37H,1-3H3. The second-order valence-electron chi connectivity index (χ2n) is 10.1. The zero-order valence-corrected chi connectivity index (χ0v) is 22.1. The zero-order valence-electron chi connectivity index (χ0n) is 22.1. The minimum absolute atomic E-state index is 0.898. The van der Waals surface area contributed by atoms with E-state index >= 15 is 0 Å². The van der Waals surface area contributed by atoms with Gasteiger partial charge in [-0.1, -0.05) is 6.07 Å². The summed E-state index contributed by atoms with van der Waals surface area (Å²) in [5.74, 6) is 0. The van der Waals surface area contributed by atoms with Crippen molar-refractivity contribution in [3.63, 3.8) is 0 Å². The average molecular weight is 506 g/mol. The molecule has 5 aromatic rings. The molecule has 6 heterocycles. The predicted octanol–water partition coefficient (Wildman–Crippen LogP) is 8.31. The van der Waals surface area contributed by atoms with Gasteiger partial charge in [0.15, 0.2) is 0 Å². The van der Waals surface area contributed by atoms with Gasteiger partial charge in [0, 0.05) is 39.4 Å². The van der Waals surface area contributed by atoms with Crippen LogP contribution in [0.1, 0.15) is 39.5 Å². The van der Waals surface area contributed by atoms with E-state index in [9.17, 15) is 0 Å². The van der Waals surface area contributed by atoms with Crippen LogP contribution in [0.2, 0.25) is 0 Å². The van der Waals surface area contributed by atoms with E-state index in [-0.39, 0.29) is 0 Å². The number of hydrogen-bond acceptors (Lipinski definition) is 3. The van der Waals surface area contributed by atoms with Crippen molar-refractivity contribution in [2.24, 2.45) is 0 Å². The van der Waals surface area contributed by atoms with Crippen LogP contribution in [0.5, 0.6) is 0 Å². The molecule has 1 aromatic carbocycles. The lowest BCUT2D eigenvalue weighted by Crippen LogP contribution is -1.99. The third-order valence-corrected chi connectivity index (χ3v) is 7.65. The van der Waals surface area contributed by atoms with Crippen LogP contribution >= 0.6 is 0 Å². The summed E-state index contributed by atoms with van der Waals surface area (Å²) >= 11 is 0. The molecule has 5 nitrogen and oxygen atoms in total. The van der Waals surface area contributed by atoms with E-state index in [1.807, 2.05) is 18.3 Å². The van der Waals surface area contributed by atoms with Crippen LogP contribution < -0.4 is 0 Å². The van der Waals surface area contributed by atoms with Crippen molar-refractivity contribution >= 4 is 46.4 Å². The molecule has 8 bridgehead atoms. The summed E-state index contributed by atoms with van der Waals surface area (Å²) < 4.78 is 0. The van der Waals surface area contributed by atoms with Gasteiger partial charge in [-0.3, -0.25) is 4.98 Å². The molecule has 0 saturated carbocycles. The molecular formula is C34H27N5. The van der Waals surface area contributed by atoms with Crippen LogP contribution in [0.4, 0.5) is 0 Å². The van der Waals surface area contributed by atoms with Crippen LogP contribution in [-0.2, 0) is 0 Å². The molecule has 5 heteroatoms. The monoisotopic (exact) mass is 505 g/mol. The Morgan fingerprint density at radius 1 is 0.538 bits per heavy atom. The fourth-order valence-corrected chi connectivity index (χ4v) is 5.38. The van der Waals surface area contributed by atoms with Gasteiger partial charge < -0.3 is 9.97 Å². The Morgan fingerprint density at radius 3 is 1.67 bits per heavy atom. The van der Waals surface area contributed by atoms with Gasteiger partial charge in [0.25, 0.3) is 0 Å². The summed E-state index contributed by atoms with van der Waals surface area (Å²) in [6.45, 7) is 6.55. The first-order chi connectivity index (χ1) is 19.0. The van der Waals surface area contributed by atoms with E-state index in [2.05, 4.69) is 115 Å². The van der Waals surface area contributed by atoms with Gasteiger partial charge in [-0.25, -0.2) is 9.97 Å². The van der Waals surface area contributed by atoms with Gasteiger partial charge in [0.1, 0.15) is 0 Å². The molecule has 39 heavy (non-hydrogen) atoms. The van der Waals surface area contributed by atoms with E-state index in [0.717, 1.165) is 67.2 Å². The molecule has 0 atom stereocenters. The Balaban J connectivity index is 1.58. The van der Waals surface area contributed by atoms with E-state index in [1.165, 1.54) is 16.7 Å². The third kappa shape index (κ3) is 4.18. The summed E-state index contributed by atoms with van der Waals surface area (Å²) in [7, 11) is 0. The molecule has 0 unspecified atom stereocenters. The van der Waals surface area contributed by atoms with Gasteiger partial charge in [0.05, 0.1) is 28.5 Å². The van der Waals surface area contributed by atoms with Crippen LogP contribution in [0.3, 0.4) is 0 Å². The molecule has 188 valence electrons. The summed E-state index contributed by atoms with van der Waals surface area (Å²) in [4.78, 5) is 21.8. The molecular weight excluding hydrogens is 478 g/mol. The number of nitrogens with zero attached hydrogens (tertiary/aromatic N) is 3. The molecule has 0 spiro atoms. The van der Waals surface area contributed by atoms with Crippen molar-refractivity contribution in [1.29, 1.82) is 0 Å². The van der Waals surface area contributed by atoms with E-state index in [0.29, 0.717) is 0 Å². The summed E-state index contributed by atoms with van der Waals surface area (Å²) in [5, 5.41) is 0. The van der Waals surface area contributed by atoms with Crippen molar-refractivity contribution < 1.29 is 0 Å². The minimum Gasteiger partial charge on any atom is -0.355 e. The lowest BCUT2D eigenvalue weighted by molar-refractivity contribution is 1.22. The summed E-state index contributed by atoms with van der Waals surface area (Å²) in [5.41, 5.74) is 15.6. The second-order valence-corrected chi connectivity index (χ2v) is 10.1. The highest BCUT2D eigenvalue weighted by molar-refractivity contribution is 5.91. The molecule has 7 rings (SSSR count). The Labute approximate surface area is 226 Å². The lowest BCUT2D eigenvalue weighted by atomic mass is 9.88. The Hall–Kier alpha value is -5.03. The van der Waals surface area contributed by atoms with Gasteiger partial charge in [-0.05, 0) is 128 Å². The Bertz CT molecular complexity index is 1900. The maximum Gasteiger partial charge on any atom is 0.0737 e.